The Labute approximate surface area is 124 Å². The number of carbonyl (C=O) groups is 1. The zero-order valence-electron chi connectivity index (χ0n) is 11.2. The van der Waals surface area contributed by atoms with E-state index in [2.05, 4.69) is 10.5 Å². The van der Waals surface area contributed by atoms with Crippen LogP contribution in [0.2, 0.25) is 0 Å². The summed E-state index contributed by atoms with van der Waals surface area (Å²) in [5, 5.41) is 4.13. The number of benzene rings is 2. The molecule has 6 heteroatoms. The van der Waals surface area contributed by atoms with E-state index in [9.17, 15) is 9.18 Å². The first kappa shape index (κ1) is 13.5. The molecule has 0 bridgehead atoms. The highest BCUT2D eigenvalue weighted by Crippen LogP contribution is 2.14. The van der Waals surface area contributed by atoms with Crippen LogP contribution in [0, 0.1) is 5.82 Å². The second kappa shape index (κ2) is 5.49. The number of rotatable bonds is 2. The molecule has 106 valence electrons. The highest BCUT2D eigenvalue weighted by Gasteiger charge is 2.05. The van der Waals surface area contributed by atoms with Crippen LogP contribution in [0.4, 0.5) is 4.39 Å². The third-order valence-corrected chi connectivity index (χ3v) is 4.19. The van der Waals surface area contributed by atoms with Crippen molar-refractivity contribution in [3.05, 3.63) is 64.7 Å². The molecule has 0 fully saturated rings. The van der Waals surface area contributed by atoms with Crippen LogP contribution in [0.5, 0.6) is 0 Å². The third-order valence-electron chi connectivity index (χ3n) is 3.07. The molecule has 0 aliphatic carbocycles. The molecule has 0 aliphatic heterocycles. The molecule has 1 heterocycles. The van der Waals surface area contributed by atoms with Gasteiger partial charge in [0.1, 0.15) is 5.82 Å². The Hall–Kier alpha value is -2.47. The van der Waals surface area contributed by atoms with Gasteiger partial charge in [0.05, 0.1) is 10.2 Å². The van der Waals surface area contributed by atoms with Crippen molar-refractivity contribution in [1.29, 1.82) is 0 Å². The number of para-hydroxylation sites is 1. The molecule has 1 aromatic heterocycles. The average Bonchev–Trinajstić information content (AvgIpc) is 2.82. The van der Waals surface area contributed by atoms with Gasteiger partial charge in [-0.25, -0.2) is 9.82 Å². The molecule has 0 saturated heterocycles. The zero-order valence-corrected chi connectivity index (χ0v) is 12.0. The number of fused-ring (bicyclic) bond motifs is 1. The summed E-state index contributed by atoms with van der Waals surface area (Å²) >= 11 is 1.49. The highest BCUT2D eigenvalue weighted by molar-refractivity contribution is 7.16. The lowest BCUT2D eigenvalue weighted by molar-refractivity contribution is 0.0953. The summed E-state index contributed by atoms with van der Waals surface area (Å²) in [6.45, 7) is 0. The number of thiazole rings is 1. The molecule has 1 amide bonds. The molecule has 0 radical (unpaired) electrons. The second-order valence-corrected chi connectivity index (χ2v) is 5.48. The Bertz CT molecular complexity index is 865. The average molecular weight is 301 g/mol. The van der Waals surface area contributed by atoms with Gasteiger partial charge in [-0.15, -0.1) is 5.10 Å². The summed E-state index contributed by atoms with van der Waals surface area (Å²) in [6.07, 6.45) is 0. The quantitative estimate of drug-likeness (QED) is 0.727. The Morgan fingerprint density at radius 3 is 2.62 bits per heavy atom. The fourth-order valence-electron chi connectivity index (χ4n) is 1.95. The lowest BCUT2D eigenvalue weighted by Gasteiger charge is -1.99. The third kappa shape index (κ3) is 2.71. The summed E-state index contributed by atoms with van der Waals surface area (Å²) in [5.41, 5.74) is 3.91. The minimum atomic E-state index is -0.376. The van der Waals surface area contributed by atoms with Gasteiger partial charge in [-0.3, -0.25) is 4.79 Å². The summed E-state index contributed by atoms with van der Waals surface area (Å²) in [6, 6.07) is 13.2. The number of hydrogen-bond acceptors (Lipinski definition) is 3. The van der Waals surface area contributed by atoms with E-state index in [0.717, 1.165) is 10.2 Å². The van der Waals surface area contributed by atoms with Gasteiger partial charge in [0.15, 0.2) is 0 Å². The normalized spacial score (nSPS) is 11.8. The van der Waals surface area contributed by atoms with Crippen molar-refractivity contribution in [2.45, 2.75) is 0 Å². The van der Waals surface area contributed by atoms with Crippen LogP contribution in [0.25, 0.3) is 10.2 Å². The maximum atomic E-state index is 12.8. The Morgan fingerprint density at radius 1 is 1.19 bits per heavy atom. The van der Waals surface area contributed by atoms with E-state index < -0.39 is 0 Å². The first-order chi connectivity index (χ1) is 10.1. The molecule has 3 rings (SSSR count). The van der Waals surface area contributed by atoms with Crippen molar-refractivity contribution < 1.29 is 9.18 Å². The molecule has 0 saturated carbocycles. The number of nitrogens with zero attached hydrogens (tertiary/aromatic N) is 2. The standard InChI is InChI=1S/C15H12FN3OS/c1-19-12-4-2-3-5-13(12)21-15(19)18-17-14(20)10-6-8-11(16)9-7-10/h2-9H,1H3,(H,17,20)/b18-15+. The van der Waals surface area contributed by atoms with E-state index in [1.807, 2.05) is 35.9 Å². The number of nitrogens with one attached hydrogen (secondary N) is 1. The Kier molecular flexibility index (Phi) is 3.53. The fraction of sp³-hybridized carbons (Fsp3) is 0.0667. The number of hydrogen-bond donors (Lipinski definition) is 1. The lowest BCUT2D eigenvalue weighted by Crippen LogP contribution is -2.23. The molecule has 21 heavy (non-hydrogen) atoms. The molecule has 0 unspecified atom stereocenters. The van der Waals surface area contributed by atoms with E-state index in [1.165, 1.54) is 35.6 Å². The van der Waals surface area contributed by atoms with Crippen LogP contribution in [0.15, 0.2) is 53.6 Å². The summed E-state index contributed by atoms with van der Waals surface area (Å²) < 4.78 is 15.8. The van der Waals surface area contributed by atoms with Gasteiger partial charge in [0.25, 0.3) is 5.91 Å². The van der Waals surface area contributed by atoms with Crippen LogP contribution in [-0.2, 0) is 7.05 Å². The van der Waals surface area contributed by atoms with Crippen LogP contribution in [-0.4, -0.2) is 10.5 Å². The molecule has 0 atom stereocenters. The predicted molar refractivity (Wildman–Crippen MR) is 80.2 cm³/mol. The monoisotopic (exact) mass is 301 g/mol. The minimum Gasteiger partial charge on any atom is -0.318 e. The smallest absolute Gasteiger partial charge is 0.271 e. The van der Waals surface area contributed by atoms with Crippen molar-refractivity contribution in [2.24, 2.45) is 12.1 Å². The van der Waals surface area contributed by atoms with Gasteiger partial charge in [-0.05, 0) is 36.4 Å². The summed E-state index contributed by atoms with van der Waals surface area (Å²) in [4.78, 5) is 12.6. The van der Waals surface area contributed by atoms with Crippen molar-refractivity contribution in [3.8, 4) is 0 Å². The number of aryl methyl sites for hydroxylation is 1. The van der Waals surface area contributed by atoms with Crippen LogP contribution >= 0.6 is 11.3 Å². The predicted octanol–water partition coefficient (Wildman–Crippen LogP) is 2.62. The Morgan fingerprint density at radius 2 is 1.90 bits per heavy atom. The van der Waals surface area contributed by atoms with Crippen LogP contribution in [0.3, 0.4) is 0 Å². The van der Waals surface area contributed by atoms with Gasteiger partial charge in [-0.1, -0.05) is 23.5 Å². The van der Waals surface area contributed by atoms with Crippen molar-refractivity contribution in [1.82, 2.24) is 9.99 Å². The molecule has 1 N–H and O–H groups in total. The van der Waals surface area contributed by atoms with E-state index in [4.69, 9.17) is 0 Å². The lowest BCUT2D eigenvalue weighted by atomic mass is 10.2. The number of amides is 1. The van der Waals surface area contributed by atoms with Crippen molar-refractivity contribution >= 4 is 27.5 Å². The Balaban J connectivity index is 1.89. The molecule has 3 aromatic rings. The molecule has 2 aromatic carbocycles. The maximum Gasteiger partial charge on any atom is 0.271 e. The maximum absolute atomic E-state index is 12.8. The van der Waals surface area contributed by atoms with Gasteiger partial charge < -0.3 is 4.57 Å². The van der Waals surface area contributed by atoms with E-state index in [1.54, 1.807) is 0 Å². The van der Waals surface area contributed by atoms with Crippen molar-refractivity contribution in [2.75, 3.05) is 0 Å². The molecular weight excluding hydrogens is 289 g/mol. The SMILES string of the molecule is Cn1/c(=N\NC(=O)c2ccc(F)cc2)sc2ccccc21. The highest BCUT2D eigenvalue weighted by atomic mass is 32.1. The largest absolute Gasteiger partial charge is 0.318 e. The molecule has 0 spiro atoms. The first-order valence-electron chi connectivity index (χ1n) is 6.29. The minimum absolute atomic E-state index is 0.365. The molecular formula is C15H12FN3OS. The second-order valence-electron chi connectivity index (χ2n) is 4.47. The summed E-state index contributed by atoms with van der Waals surface area (Å²) in [7, 11) is 1.89. The fourth-order valence-corrected chi connectivity index (χ4v) is 2.93. The van der Waals surface area contributed by atoms with Gasteiger partial charge in [0, 0.05) is 12.6 Å². The summed E-state index contributed by atoms with van der Waals surface area (Å²) in [5.74, 6) is -0.744. The van der Waals surface area contributed by atoms with Crippen molar-refractivity contribution in [3.63, 3.8) is 0 Å². The van der Waals surface area contributed by atoms with Crippen LogP contribution in [0.1, 0.15) is 10.4 Å². The zero-order chi connectivity index (χ0) is 14.8. The number of halogens is 1. The molecule has 4 nitrogen and oxygen atoms in total. The molecule has 0 aliphatic rings. The van der Waals surface area contributed by atoms with Crippen LogP contribution < -0.4 is 10.2 Å². The topological polar surface area (TPSA) is 46.4 Å². The van der Waals surface area contributed by atoms with E-state index in [-0.39, 0.29) is 11.7 Å². The number of carbonyl (C=O) groups excluding carboxylic acids is 1. The van der Waals surface area contributed by atoms with Gasteiger partial charge in [-0.2, -0.15) is 0 Å². The number of aromatic nitrogens is 1. The van der Waals surface area contributed by atoms with Gasteiger partial charge >= 0.3 is 0 Å². The first-order valence-corrected chi connectivity index (χ1v) is 7.11. The van der Waals surface area contributed by atoms with Gasteiger partial charge in [0.2, 0.25) is 4.80 Å². The van der Waals surface area contributed by atoms with E-state index in [0.29, 0.717) is 10.4 Å². The van der Waals surface area contributed by atoms with E-state index >= 15 is 0 Å².